The molecule has 0 aliphatic carbocycles. The highest BCUT2D eigenvalue weighted by molar-refractivity contribution is 6.37. The van der Waals surface area contributed by atoms with Crippen molar-refractivity contribution in [2.45, 2.75) is 6.42 Å². The second-order valence-electron chi connectivity index (χ2n) is 8.14. The van der Waals surface area contributed by atoms with Crippen LogP contribution in [0.3, 0.4) is 0 Å². The molecule has 0 spiro atoms. The van der Waals surface area contributed by atoms with Gasteiger partial charge in [-0.3, -0.25) is 10.4 Å². The zero-order valence-electron chi connectivity index (χ0n) is 19.9. The van der Waals surface area contributed by atoms with Crippen molar-refractivity contribution in [1.82, 2.24) is 24.4 Å². The number of rotatable bonds is 9. The zero-order valence-corrected chi connectivity index (χ0v) is 21.4. The Balaban J connectivity index is 1.60. The van der Waals surface area contributed by atoms with Crippen molar-refractivity contribution in [2.75, 3.05) is 39.7 Å². The monoisotopic (exact) mass is 529 g/mol. The Morgan fingerprint density at radius 3 is 2.61 bits per heavy atom. The summed E-state index contributed by atoms with van der Waals surface area (Å²) >= 11 is 12.5. The van der Waals surface area contributed by atoms with Gasteiger partial charge in [0.2, 0.25) is 5.95 Å². The first-order chi connectivity index (χ1) is 17.3. The lowest BCUT2D eigenvalue weighted by atomic mass is 10.2. The number of ether oxygens (including phenoxy) is 2. The van der Waals surface area contributed by atoms with Crippen molar-refractivity contribution in [1.29, 1.82) is 5.41 Å². The summed E-state index contributed by atoms with van der Waals surface area (Å²) in [6.07, 6.45) is 2.34. The third-order valence-electron chi connectivity index (χ3n) is 5.28. The smallest absolute Gasteiger partial charge is 0.333 e. The van der Waals surface area contributed by atoms with Crippen LogP contribution in [0.1, 0.15) is 6.42 Å². The van der Waals surface area contributed by atoms with E-state index in [4.69, 9.17) is 38.1 Å². The van der Waals surface area contributed by atoms with Crippen LogP contribution in [0, 0.1) is 5.41 Å². The number of halogens is 2. The third kappa shape index (κ3) is 5.46. The average molecular weight is 530 g/mol. The molecule has 2 heterocycles. The maximum Gasteiger partial charge on any atom is 0.333 e. The molecule has 4 aromatic rings. The highest BCUT2D eigenvalue weighted by Crippen LogP contribution is 2.31. The standard InChI is InChI=1S/C24H25Cl2N7O3/c1-32(2)10-5-11-36-18-9-8-14(12-19(18)35-3)29-23-28-13-15-21(27)33(24(34)31-22(15)30-23)20-16(25)6-4-7-17(20)26/h4,6-9,12-13,27H,5,10-11H2,1-3H3,(H2,28,29,30,31,34). The fourth-order valence-electron chi connectivity index (χ4n) is 3.56. The van der Waals surface area contributed by atoms with Crippen LogP contribution in [0.4, 0.5) is 11.6 Å². The van der Waals surface area contributed by atoms with E-state index in [1.54, 1.807) is 37.4 Å². The molecule has 188 valence electrons. The molecular formula is C24H25Cl2N7O3. The molecule has 0 bridgehead atoms. The first kappa shape index (κ1) is 25.5. The summed E-state index contributed by atoms with van der Waals surface area (Å²) in [5.41, 5.74) is 0.313. The quantitative estimate of drug-likeness (QED) is 0.280. The normalized spacial score (nSPS) is 11.2. The van der Waals surface area contributed by atoms with Gasteiger partial charge >= 0.3 is 5.69 Å². The Bertz CT molecular complexity index is 1500. The van der Waals surface area contributed by atoms with Crippen molar-refractivity contribution in [3.05, 3.63) is 68.6 Å². The van der Waals surface area contributed by atoms with E-state index in [9.17, 15) is 4.79 Å². The number of methoxy groups -OCH3 is 1. The number of benzene rings is 2. The first-order valence-corrected chi connectivity index (χ1v) is 11.8. The molecule has 2 aromatic carbocycles. The minimum atomic E-state index is -0.607. The summed E-state index contributed by atoms with van der Waals surface area (Å²) in [6, 6.07) is 10.2. The van der Waals surface area contributed by atoms with E-state index < -0.39 is 5.69 Å². The van der Waals surface area contributed by atoms with E-state index in [0.29, 0.717) is 29.2 Å². The van der Waals surface area contributed by atoms with E-state index in [1.807, 2.05) is 20.2 Å². The number of H-pyrrole nitrogens is 1. The lowest BCUT2D eigenvalue weighted by molar-refractivity contribution is 0.268. The molecule has 3 N–H and O–H groups in total. The fraction of sp³-hybridized carbons (Fsp3) is 0.250. The molecule has 0 atom stereocenters. The van der Waals surface area contributed by atoms with Gasteiger partial charge in [0, 0.05) is 24.5 Å². The van der Waals surface area contributed by atoms with Crippen LogP contribution in [0.25, 0.3) is 16.7 Å². The van der Waals surface area contributed by atoms with Crippen molar-refractivity contribution in [3.8, 4) is 17.2 Å². The van der Waals surface area contributed by atoms with Gasteiger partial charge in [-0.1, -0.05) is 29.3 Å². The average Bonchev–Trinajstić information content (AvgIpc) is 2.83. The van der Waals surface area contributed by atoms with Gasteiger partial charge < -0.3 is 19.7 Å². The van der Waals surface area contributed by atoms with Gasteiger partial charge in [0.05, 0.1) is 34.8 Å². The molecule has 2 aromatic heterocycles. The molecule has 0 radical (unpaired) electrons. The third-order valence-corrected chi connectivity index (χ3v) is 5.89. The molecule has 12 heteroatoms. The fourth-order valence-corrected chi connectivity index (χ4v) is 4.13. The van der Waals surface area contributed by atoms with Gasteiger partial charge in [-0.15, -0.1) is 0 Å². The summed E-state index contributed by atoms with van der Waals surface area (Å²) in [7, 11) is 5.60. The summed E-state index contributed by atoms with van der Waals surface area (Å²) in [5, 5.41) is 12.4. The number of hydrogen-bond donors (Lipinski definition) is 3. The molecule has 4 rings (SSSR count). The zero-order chi connectivity index (χ0) is 25.8. The molecule has 0 fully saturated rings. The number of hydrogen-bond acceptors (Lipinski definition) is 8. The number of para-hydroxylation sites is 1. The molecule has 0 saturated heterocycles. The van der Waals surface area contributed by atoms with Gasteiger partial charge in [-0.25, -0.2) is 14.3 Å². The number of nitrogens with zero attached hydrogens (tertiary/aromatic N) is 4. The topological polar surface area (TPSA) is 121 Å². The van der Waals surface area contributed by atoms with Gasteiger partial charge in [0.15, 0.2) is 17.1 Å². The van der Waals surface area contributed by atoms with Crippen LogP contribution < -0.4 is 26.0 Å². The summed E-state index contributed by atoms with van der Waals surface area (Å²) in [6.45, 7) is 1.49. The second-order valence-corrected chi connectivity index (χ2v) is 8.95. The predicted molar refractivity (Wildman–Crippen MR) is 140 cm³/mol. The van der Waals surface area contributed by atoms with Crippen LogP contribution in [0.2, 0.25) is 10.0 Å². The van der Waals surface area contributed by atoms with Gasteiger partial charge in [-0.2, -0.15) is 4.98 Å². The predicted octanol–water partition coefficient (Wildman–Crippen LogP) is 3.98. The SMILES string of the molecule is COc1cc(Nc2ncc3c(=N)n(-c4c(Cl)cccc4Cl)c(=O)[nH]c3n2)ccc1OCCCN(C)C. The Morgan fingerprint density at radius 2 is 1.92 bits per heavy atom. The maximum absolute atomic E-state index is 12.9. The minimum Gasteiger partial charge on any atom is -0.493 e. The van der Waals surface area contributed by atoms with Gasteiger partial charge in [0.1, 0.15) is 5.49 Å². The number of fused-ring (bicyclic) bond motifs is 1. The Labute approximate surface area is 216 Å². The second kappa shape index (κ2) is 11.0. The molecule has 36 heavy (non-hydrogen) atoms. The molecule has 0 aliphatic heterocycles. The molecule has 0 amide bonds. The largest absolute Gasteiger partial charge is 0.493 e. The number of aromatic amines is 1. The first-order valence-electron chi connectivity index (χ1n) is 11.0. The van der Waals surface area contributed by atoms with Crippen LogP contribution >= 0.6 is 23.2 Å². The molecule has 0 unspecified atom stereocenters. The van der Waals surface area contributed by atoms with E-state index in [0.717, 1.165) is 17.5 Å². The molecular weight excluding hydrogens is 505 g/mol. The van der Waals surface area contributed by atoms with E-state index in [-0.39, 0.29) is 32.8 Å². The molecule has 0 saturated carbocycles. The van der Waals surface area contributed by atoms with Crippen molar-refractivity contribution in [3.63, 3.8) is 0 Å². The van der Waals surface area contributed by atoms with E-state index >= 15 is 0 Å². The van der Waals surface area contributed by atoms with Gasteiger partial charge in [-0.05, 0) is 44.8 Å². The number of nitrogens with one attached hydrogen (secondary N) is 3. The lowest BCUT2D eigenvalue weighted by Crippen LogP contribution is -2.34. The Morgan fingerprint density at radius 1 is 1.17 bits per heavy atom. The summed E-state index contributed by atoms with van der Waals surface area (Å²) in [4.78, 5) is 26.3. The lowest BCUT2D eigenvalue weighted by Gasteiger charge is -2.14. The molecule has 0 aliphatic rings. The van der Waals surface area contributed by atoms with Gasteiger partial charge in [0.25, 0.3) is 0 Å². The summed E-state index contributed by atoms with van der Waals surface area (Å²) < 4.78 is 12.4. The van der Waals surface area contributed by atoms with Crippen molar-refractivity contribution >= 4 is 45.9 Å². The van der Waals surface area contributed by atoms with Crippen LogP contribution in [0.5, 0.6) is 11.5 Å². The van der Waals surface area contributed by atoms with Crippen LogP contribution in [-0.4, -0.2) is 58.8 Å². The summed E-state index contributed by atoms with van der Waals surface area (Å²) in [5.74, 6) is 1.42. The van der Waals surface area contributed by atoms with E-state index in [1.165, 1.54) is 6.20 Å². The highest BCUT2D eigenvalue weighted by Gasteiger charge is 2.15. The Hall–Kier alpha value is -3.60. The van der Waals surface area contributed by atoms with E-state index in [2.05, 4.69) is 25.2 Å². The Kier molecular flexibility index (Phi) is 7.78. The highest BCUT2D eigenvalue weighted by atomic mass is 35.5. The molecule has 10 nitrogen and oxygen atoms in total. The van der Waals surface area contributed by atoms with Crippen LogP contribution in [0.15, 0.2) is 47.4 Å². The maximum atomic E-state index is 12.9. The van der Waals surface area contributed by atoms with Crippen LogP contribution in [-0.2, 0) is 0 Å². The number of aromatic nitrogens is 4. The van der Waals surface area contributed by atoms with Crippen molar-refractivity contribution in [2.24, 2.45) is 0 Å². The minimum absolute atomic E-state index is 0.146. The van der Waals surface area contributed by atoms with Crippen molar-refractivity contribution < 1.29 is 9.47 Å². The number of anilines is 2.